The van der Waals surface area contributed by atoms with Gasteiger partial charge in [-0.25, -0.2) is 4.98 Å². The Morgan fingerprint density at radius 3 is 2.64 bits per heavy atom. The molecule has 0 radical (unpaired) electrons. The first-order valence-electron chi connectivity index (χ1n) is 9.50. The highest BCUT2D eigenvalue weighted by molar-refractivity contribution is 7.13. The van der Waals surface area contributed by atoms with Gasteiger partial charge in [-0.05, 0) is 62.8 Å². The van der Waals surface area contributed by atoms with Crippen LogP contribution in [0, 0.1) is 6.92 Å². The molecule has 2 aromatic heterocycles. The summed E-state index contributed by atoms with van der Waals surface area (Å²) in [6.07, 6.45) is 2.11. The molecule has 0 amide bonds. The number of H-pyrrole nitrogens is 1. The fourth-order valence-electron chi connectivity index (χ4n) is 3.56. The molecule has 2 heterocycles. The Balaban J connectivity index is 1.70. The number of aryl methyl sites for hydroxylation is 1. The summed E-state index contributed by atoms with van der Waals surface area (Å²) in [5.41, 5.74) is 13.3. The highest BCUT2D eigenvalue weighted by Crippen LogP contribution is 2.33. The van der Waals surface area contributed by atoms with Gasteiger partial charge in [0.2, 0.25) is 0 Å². The Bertz CT molecular complexity index is 1110. The van der Waals surface area contributed by atoms with Crippen LogP contribution in [0.3, 0.4) is 0 Å². The van der Waals surface area contributed by atoms with E-state index in [0.717, 1.165) is 27.3 Å². The lowest BCUT2D eigenvalue weighted by molar-refractivity contribution is 0.323. The maximum atomic E-state index is 6.51. The van der Waals surface area contributed by atoms with Crippen molar-refractivity contribution in [2.24, 2.45) is 5.73 Å². The van der Waals surface area contributed by atoms with Crippen LogP contribution in [-0.2, 0) is 0 Å². The minimum atomic E-state index is -0.202. The molecule has 4 nitrogen and oxygen atoms in total. The fourth-order valence-corrected chi connectivity index (χ4v) is 4.41. The maximum absolute atomic E-state index is 6.51. The summed E-state index contributed by atoms with van der Waals surface area (Å²) in [6.45, 7) is 4.31. The Morgan fingerprint density at radius 1 is 1.11 bits per heavy atom. The molecule has 28 heavy (non-hydrogen) atoms. The molecule has 0 aliphatic heterocycles. The molecular formula is C23H26N4S. The zero-order valence-electron chi connectivity index (χ0n) is 16.7. The summed E-state index contributed by atoms with van der Waals surface area (Å²) in [5, 5.41) is 4.33. The number of nitrogens with two attached hydrogens (primary N) is 1. The van der Waals surface area contributed by atoms with E-state index >= 15 is 0 Å². The van der Waals surface area contributed by atoms with E-state index in [2.05, 4.69) is 79.7 Å². The molecule has 2 unspecified atom stereocenters. The van der Waals surface area contributed by atoms with Crippen molar-refractivity contribution in [1.29, 1.82) is 0 Å². The van der Waals surface area contributed by atoms with Crippen molar-refractivity contribution < 1.29 is 0 Å². The molecule has 2 aromatic carbocycles. The standard InChI is InChI=1S/C23H26N4S/c1-14-7-5-6-8-17(14)22(24)21-13-28-23(26-21)16-9-10-20-18(11-16)19(12-25-20)15(2)27(3)4/h5-13,15,22,25H,24H2,1-4H3. The minimum absolute atomic E-state index is 0.202. The van der Waals surface area contributed by atoms with Gasteiger partial charge in [-0.15, -0.1) is 11.3 Å². The summed E-state index contributed by atoms with van der Waals surface area (Å²) < 4.78 is 0. The van der Waals surface area contributed by atoms with Crippen LogP contribution in [0.1, 0.15) is 41.4 Å². The second-order valence-corrected chi connectivity index (χ2v) is 8.41. The van der Waals surface area contributed by atoms with Gasteiger partial charge < -0.3 is 15.6 Å². The molecule has 0 saturated carbocycles. The summed E-state index contributed by atoms with van der Waals surface area (Å²) in [6, 6.07) is 14.9. The predicted molar refractivity (Wildman–Crippen MR) is 119 cm³/mol. The van der Waals surface area contributed by atoms with Gasteiger partial charge in [-0.3, -0.25) is 0 Å². The van der Waals surface area contributed by atoms with Gasteiger partial charge >= 0.3 is 0 Å². The van der Waals surface area contributed by atoms with Crippen molar-refractivity contribution in [2.45, 2.75) is 25.9 Å². The summed E-state index contributed by atoms with van der Waals surface area (Å²) in [4.78, 5) is 10.5. The lowest BCUT2D eigenvalue weighted by Crippen LogP contribution is -2.16. The summed E-state index contributed by atoms with van der Waals surface area (Å²) in [7, 11) is 4.21. The molecule has 0 spiro atoms. The lowest BCUT2D eigenvalue weighted by atomic mass is 10.0. The second kappa shape index (κ2) is 7.51. The van der Waals surface area contributed by atoms with Crippen LogP contribution < -0.4 is 5.73 Å². The number of benzene rings is 2. The molecule has 0 aliphatic carbocycles. The van der Waals surface area contributed by atoms with Crippen molar-refractivity contribution >= 4 is 22.2 Å². The topological polar surface area (TPSA) is 57.9 Å². The zero-order valence-corrected chi connectivity index (χ0v) is 17.5. The van der Waals surface area contributed by atoms with Crippen molar-refractivity contribution in [3.05, 3.63) is 76.4 Å². The quantitative estimate of drug-likeness (QED) is 0.488. The first-order chi connectivity index (χ1) is 13.5. The molecule has 2 atom stereocenters. The van der Waals surface area contributed by atoms with Crippen LogP contribution in [0.15, 0.2) is 54.0 Å². The van der Waals surface area contributed by atoms with E-state index in [1.54, 1.807) is 11.3 Å². The Hall–Kier alpha value is -2.47. The summed E-state index contributed by atoms with van der Waals surface area (Å²) in [5.74, 6) is 0. The highest BCUT2D eigenvalue weighted by atomic mass is 32.1. The second-order valence-electron chi connectivity index (χ2n) is 7.56. The molecule has 4 aromatic rings. The molecule has 0 aliphatic rings. The van der Waals surface area contributed by atoms with Gasteiger partial charge in [0.25, 0.3) is 0 Å². The van der Waals surface area contributed by atoms with E-state index in [-0.39, 0.29) is 6.04 Å². The van der Waals surface area contributed by atoms with Gasteiger partial charge in [-0.2, -0.15) is 0 Å². The van der Waals surface area contributed by atoms with Crippen LogP contribution >= 0.6 is 11.3 Å². The molecule has 0 fully saturated rings. The largest absolute Gasteiger partial charge is 0.361 e. The van der Waals surface area contributed by atoms with Gasteiger partial charge in [0.15, 0.2) is 0 Å². The van der Waals surface area contributed by atoms with Gasteiger partial charge in [0.1, 0.15) is 5.01 Å². The average Bonchev–Trinajstić information content (AvgIpc) is 3.34. The molecule has 0 saturated heterocycles. The monoisotopic (exact) mass is 390 g/mol. The van der Waals surface area contributed by atoms with Crippen molar-refractivity contribution in [1.82, 2.24) is 14.9 Å². The third-order valence-electron chi connectivity index (χ3n) is 5.55. The van der Waals surface area contributed by atoms with Crippen molar-refractivity contribution in [3.63, 3.8) is 0 Å². The van der Waals surface area contributed by atoms with Gasteiger partial charge in [-0.1, -0.05) is 24.3 Å². The van der Waals surface area contributed by atoms with Crippen molar-refractivity contribution in [2.75, 3.05) is 14.1 Å². The molecular weight excluding hydrogens is 364 g/mol. The Labute approximate surface area is 170 Å². The van der Waals surface area contributed by atoms with E-state index < -0.39 is 0 Å². The van der Waals surface area contributed by atoms with Crippen molar-refractivity contribution in [3.8, 4) is 10.6 Å². The van der Waals surface area contributed by atoms with Crippen LogP contribution in [0.25, 0.3) is 21.5 Å². The molecule has 5 heteroatoms. The minimum Gasteiger partial charge on any atom is -0.361 e. The third-order valence-corrected chi connectivity index (χ3v) is 6.46. The number of aromatic nitrogens is 2. The highest BCUT2D eigenvalue weighted by Gasteiger charge is 2.17. The van der Waals surface area contributed by atoms with Gasteiger partial charge in [0, 0.05) is 34.1 Å². The maximum Gasteiger partial charge on any atom is 0.123 e. The van der Waals surface area contributed by atoms with Crippen LogP contribution in [0.4, 0.5) is 0 Å². The first kappa shape index (κ1) is 18.9. The number of fused-ring (bicyclic) bond motifs is 1. The molecule has 0 bridgehead atoms. The number of rotatable bonds is 5. The predicted octanol–water partition coefficient (Wildman–Crippen LogP) is 5.27. The first-order valence-corrected chi connectivity index (χ1v) is 10.4. The van der Waals surface area contributed by atoms with Gasteiger partial charge in [0.05, 0.1) is 11.7 Å². The number of thiazole rings is 1. The summed E-state index contributed by atoms with van der Waals surface area (Å²) >= 11 is 1.65. The number of hydrogen-bond donors (Lipinski definition) is 2. The normalized spacial score (nSPS) is 13.9. The zero-order chi connectivity index (χ0) is 19.8. The Kier molecular flexibility index (Phi) is 5.06. The lowest BCUT2D eigenvalue weighted by Gasteiger charge is -2.19. The third kappa shape index (κ3) is 3.37. The number of nitrogens with zero attached hydrogens (tertiary/aromatic N) is 2. The van der Waals surface area contributed by atoms with Crippen LogP contribution in [0.2, 0.25) is 0 Å². The smallest absolute Gasteiger partial charge is 0.123 e. The van der Waals surface area contributed by atoms with E-state index in [1.807, 2.05) is 12.1 Å². The number of hydrogen-bond acceptors (Lipinski definition) is 4. The molecule has 3 N–H and O–H groups in total. The Morgan fingerprint density at radius 2 is 1.89 bits per heavy atom. The number of nitrogens with one attached hydrogen (secondary N) is 1. The van der Waals surface area contributed by atoms with Crippen LogP contribution in [0.5, 0.6) is 0 Å². The fraction of sp³-hybridized carbons (Fsp3) is 0.261. The molecule has 144 valence electrons. The number of aromatic amines is 1. The average molecular weight is 391 g/mol. The van der Waals surface area contributed by atoms with E-state index in [1.165, 1.54) is 16.5 Å². The van der Waals surface area contributed by atoms with Crippen LogP contribution in [-0.4, -0.2) is 29.0 Å². The van der Waals surface area contributed by atoms with E-state index in [9.17, 15) is 0 Å². The SMILES string of the molecule is Cc1ccccc1C(N)c1csc(-c2ccc3[nH]cc(C(C)N(C)C)c3c2)n1. The molecule has 4 rings (SSSR count). The van der Waals surface area contributed by atoms with E-state index in [4.69, 9.17) is 10.7 Å². The van der Waals surface area contributed by atoms with E-state index in [0.29, 0.717) is 6.04 Å².